The molecule has 1 fully saturated rings. The van der Waals surface area contributed by atoms with E-state index in [1.807, 2.05) is 0 Å². The Bertz CT molecular complexity index is 550. The van der Waals surface area contributed by atoms with Crippen molar-refractivity contribution in [2.24, 2.45) is 0 Å². The summed E-state index contributed by atoms with van der Waals surface area (Å²) in [5, 5.41) is 9.11. The molecule has 0 bridgehead atoms. The molecule has 1 aromatic rings. The zero-order valence-electron chi connectivity index (χ0n) is 10.0. The van der Waals surface area contributed by atoms with Crippen LogP contribution in [0.2, 0.25) is 0 Å². The van der Waals surface area contributed by atoms with E-state index in [9.17, 15) is 9.59 Å². The van der Waals surface area contributed by atoms with Crippen LogP contribution in [0.4, 0.5) is 0 Å². The van der Waals surface area contributed by atoms with Crippen LogP contribution in [-0.4, -0.2) is 32.2 Å². The number of rotatable bonds is 4. The number of hydrogen-bond donors (Lipinski definition) is 1. The lowest BCUT2D eigenvalue weighted by Crippen LogP contribution is -2.43. The number of carboxylic acid groups (broad SMARTS) is 1. The first-order valence-electron chi connectivity index (χ1n) is 5.58. The number of furan rings is 1. The summed E-state index contributed by atoms with van der Waals surface area (Å²) in [5.41, 5.74) is 0. The van der Waals surface area contributed by atoms with Gasteiger partial charge in [-0.1, -0.05) is 30.9 Å². The smallest absolute Gasteiger partial charge is 0.326 e. The maximum Gasteiger partial charge on any atom is 0.326 e. The largest absolute Gasteiger partial charge is 0.480 e. The maximum absolute atomic E-state index is 12.2. The second kappa shape index (κ2) is 5.58. The Balaban J connectivity index is 2.28. The molecule has 1 aromatic heterocycles. The topological polar surface area (TPSA) is 70.8 Å². The number of aliphatic carboxylic acids is 1. The predicted octanol–water partition coefficient (Wildman–Crippen LogP) is 2.34. The fourth-order valence-corrected chi connectivity index (χ4v) is 3.06. The van der Waals surface area contributed by atoms with Gasteiger partial charge in [-0.05, 0) is 18.6 Å². The standard InChI is InChI=1S/C12H11NO4S2/c1-2-8(11(15)16)13-10(14)9(19-12(13)18)6-7-4-3-5-17-7/h3-6,8H,2H2,1H3,(H,15,16)/b9-6+. The van der Waals surface area contributed by atoms with Crippen molar-refractivity contribution in [1.82, 2.24) is 4.90 Å². The Kier molecular flexibility index (Phi) is 4.06. The molecule has 1 aliphatic heterocycles. The van der Waals surface area contributed by atoms with Gasteiger partial charge in [0.1, 0.15) is 16.1 Å². The van der Waals surface area contributed by atoms with Crippen LogP contribution in [-0.2, 0) is 9.59 Å². The number of nitrogens with zero attached hydrogens (tertiary/aromatic N) is 1. The van der Waals surface area contributed by atoms with E-state index in [-0.39, 0.29) is 10.2 Å². The van der Waals surface area contributed by atoms with Crippen LogP contribution in [0.25, 0.3) is 6.08 Å². The molecule has 0 spiro atoms. The van der Waals surface area contributed by atoms with E-state index >= 15 is 0 Å². The molecular formula is C12H11NO4S2. The molecule has 2 rings (SSSR count). The zero-order chi connectivity index (χ0) is 14.0. The molecule has 1 aliphatic rings. The third-order valence-corrected chi connectivity index (χ3v) is 3.95. The summed E-state index contributed by atoms with van der Waals surface area (Å²) < 4.78 is 5.39. The van der Waals surface area contributed by atoms with Crippen molar-refractivity contribution >= 4 is 46.3 Å². The van der Waals surface area contributed by atoms with Crippen LogP contribution in [0.3, 0.4) is 0 Å². The van der Waals surface area contributed by atoms with Gasteiger partial charge in [-0.25, -0.2) is 4.79 Å². The van der Waals surface area contributed by atoms with Crippen molar-refractivity contribution < 1.29 is 19.1 Å². The van der Waals surface area contributed by atoms with E-state index in [2.05, 4.69) is 0 Å². The van der Waals surface area contributed by atoms with E-state index in [0.717, 1.165) is 16.7 Å². The molecule has 1 unspecified atom stereocenters. The number of thiocarbonyl (C=S) groups is 1. The quantitative estimate of drug-likeness (QED) is 0.679. The van der Waals surface area contributed by atoms with Gasteiger partial charge in [-0.3, -0.25) is 9.69 Å². The van der Waals surface area contributed by atoms with Gasteiger partial charge in [-0.2, -0.15) is 0 Å². The second-order valence-corrected chi connectivity index (χ2v) is 5.51. The molecule has 0 saturated carbocycles. The van der Waals surface area contributed by atoms with Gasteiger partial charge < -0.3 is 9.52 Å². The minimum atomic E-state index is -1.06. The lowest BCUT2D eigenvalue weighted by Gasteiger charge is -2.21. The van der Waals surface area contributed by atoms with Crippen LogP contribution in [0.5, 0.6) is 0 Å². The Morgan fingerprint density at radius 1 is 1.68 bits per heavy atom. The van der Waals surface area contributed by atoms with Crippen molar-refractivity contribution in [1.29, 1.82) is 0 Å². The molecule has 0 aliphatic carbocycles. The van der Waals surface area contributed by atoms with Crippen LogP contribution in [0.15, 0.2) is 27.7 Å². The van der Waals surface area contributed by atoms with Gasteiger partial charge in [0.25, 0.3) is 5.91 Å². The highest BCUT2D eigenvalue weighted by molar-refractivity contribution is 8.26. The van der Waals surface area contributed by atoms with Gasteiger partial charge in [0, 0.05) is 6.08 Å². The summed E-state index contributed by atoms with van der Waals surface area (Å²) in [6, 6.07) is 2.50. The monoisotopic (exact) mass is 297 g/mol. The highest BCUT2D eigenvalue weighted by Gasteiger charge is 2.39. The lowest BCUT2D eigenvalue weighted by molar-refractivity contribution is -0.145. The molecule has 5 nitrogen and oxygen atoms in total. The molecule has 0 aromatic carbocycles. The Hall–Kier alpha value is -1.60. The second-order valence-electron chi connectivity index (χ2n) is 3.83. The molecular weight excluding hydrogens is 286 g/mol. The Morgan fingerprint density at radius 3 is 2.95 bits per heavy atom. The van der Waals surface area contributed by atoms with Gasteiger partial charge in [0.05, 0.1) is 11.2 Å². The molecule has 2 heterocycles. The van der Waals surface area contributed by atoms with Crippen molar-refractivity contribution in [3.63, 3.8) is 0 Å². The normalized spacial score (nSPS) is 19.2. The molecule has 1 amide bonds. The fraction of sp³-hybridized carbons (Fsp3) is 0.250. The highest BCUT2D eigenvalue weighted by atomic mass is 32.2. The van der Waals surface area contributed by atoms with Crippen molar-refractivity contribution in [2.45, 2.75) is 19.4 Å². The number of carbonyl (C=O) groups is 2. The first-order valence-corrected chi connectivity index (χ1v) is 6.80. The van der Waals surface area contributed by atoms with Crippen molar-refractivity contribution in [3.05, 3.63) is 29.1 Å². The van der Waals surface area contributed by atoms with Crippen LogP contribution in [0.1, 0.15) is 19.1 Å². The number of thioether (sulfide) groups is 1. The Morgan fingerprint density at radius 2 is 2.42 bits per heavy atom. The van der Waals surface area contributed by atoms with Crippen molar-refractivity contribution in [3.8, 4) is 0 Å². The first-order chi connectivity index (χ1) is 9.04. The first kappa shape index (κ1) is 13.8. The highest BCUT2D eigenvalue weighted by Crippen LogP contribution is 2.34. The van der Waals surface area contributed by atoms with Gasteiger partial charge >= 0.3 is 5.97 Å². The average Bonchev–Trinajstić information content (AvgIpc) is 2.94. The third-order valence-electron chi connectivity index (χ3n) is 2.62. The molecule has 1 atom stereocenters. The molecule has 19 heavy (non-hydrogen) atoms. The summed E-state index contributed by atoms with van der Waals surface area (Å²) in [6.45, 7) is 1.70. The summed E-state index contributed by atoms with van der Waals surface area (Å²) in [5.74, 6) is -0.914. The zero-order valence-corrected chi connectivity index (χ0v) is 11.7. The van der Waals surface area contributed by atoms with Gasteiger partial charge in [-0.15, -0.1) is 0 Å². The van der Waals surface area contributed by atoms with E-state index in [4.69, 9.17) is 21.7 Å². The van der Waals surface area contributed by atoms with Gasteiger partial charge in [0.15, 0.2) is 0 Å². The summed E-state index contributed by atoms with van der Waals surface area (Å²) in [6.07, 6.45) is 3.36. The number of amides is 1. The predicted molar refractivity (Wildman–Crippen MR) is 75.4 cm³/mol. The number of carbonyl (C=O) groups excluding carboxylic acids is 1. The number of carboxylic acids is 1. The summed E-state index contributed by atoms with van der Waals surface area (Å²) in [7, 11) is 0. The van der Waals surface area contributed by atoms with E-state index in [1.54, 1.807) is 25.1 Å². The molecule has 0 radical (unpaired) electrons. The van der Waals surface area contributed by atoms with E-state index < -0.39 is 12.0 Å². The van der Waals surface area contributed by atoms with E-state index in [0.29, 0.717) is 17.1 Å². The van der Waals surface area contributed by atoms with Crippen LogP contribution < -0.4 is 0 Å². The summed E-state index contributed by atoms with van der Waals surface area (Å²) >= 11 is 6.17. The Labute approximate surface area is 119 Å². The van der Waals surface area contributed by atoms with Gasteiger partial charge in [0.2, 0.25) is 0 Å². The van der Waals surface area contributed by atoms with Crippen molar-refractivity contribution in [2.75, 3.05) is 0 Å². The molecule has 1 saturated heterocycles. The lowest BCUT2D eigenvalue weighted by atomic mass is 10.2. The third kappa shape index (κ3) is 2.71. The van der Waals surface area contributed by atoms with Crippen LogP contribution in [0, 0.1) is 0 Å². The SMILES string of the molecule is CCC(C(=O)O)N1C(=O)/C(=C\c2ccco2)SC1=S. The van der Waals surface area contributed by atoms with Crippen LogP contribution >= 0.6 is 24.0 Å². The minimum Gasteiger partial charge on any atom is -0.480 e. The average molecular weight is 297 g/mol. The van der Waals surface area contributed by atoms with E-state index in [1.165, 1.54) is 6.26 Å². The maximum atomic E-state index is 12.2. The fourth-order valence-electron chi connectivity index (χ4n) is 1.72. The summed E-state index contributed by atoms with van der Waals surface area (Å²) in [4.78, 5) is 24.8. The molecule has 7 heteroatoms. The number of hydrogen-bond acceptors (Lipinski definition) is 5. The molecule has 100 valence electrons. The minimum absolute atomic E-state index is 0.261. The molecule has 1 N–H and O–H groups in total.